The van der Waals surface area contributed by atoms with Crippen LogP contribution in [0.25, 0.3) is 0 Å². The Hall–Kier alpha value is -1.73. The topological polar surface area (TPSA) is 83.8 Å². The molecule has 0 amide bonds. The first-order chi connectivity index (χ1) is 10.7. The van der Waals surface area contributed by atoms with Crippen molar-refractivity contribution in [2.45, 2.75) is 64.4 Å². The van der Waals surface area contributed by atoms with Crippen molar-refractivity contribution >= 4 is 0 Å². The van der Waals surface area contributed by atoms with Gasteiger partial charge in [0.2, 0.25) is 0 Å². The first kappa shape index (κ1) is 15.2. The van der Waals surface area contributed by atoms with E-state index in [1.54, 1.807) is 0 Å². The van der Waals surface area contributed by atoms with Gasteiger partial charge >= 0.3 is 0 Å². The Labute approximate surface area is 130 Å². The molecule has 2 aromatic heterocycles. The molecule has 2 aromatic rings. The van der Waals surface area contributed by atoms with Gasteiger partial charge in [0.05, 0.1) is 25.5 Å². The van der Waals surface area contributed by atoms with Crippen LogP contribution in [0.4, 0.5) is 0 Å². The van der Waals surface area contributed by atoms with Gasteiger partial charge < -0.3 is 15.0 Å². The maximum atomic E-state index is 5.91. The second-order valence-electron chi connectivity index (χ2n) is 5.99. The molecule has 7 heteroatoms. The van der Waals surface area contributed by atoms with Crippen LogP contribution < -0.4 is 5.73 Å². The second-order valence-corrected chi connectivity index (χ2v) is 5.99. The molecule has 0 aliphatic heterocycles. The molecule has 0 radical (unpaired) electrons. The molecule has 2 heterocycles. The van der Waals surface area contributed by atoms with Crippen LogP contribution >= 0.6 is 0 Å². The summed E-state index contributed by atoms with van der Waals surface area (Å²) in [6, 6.07) is 0.354. The normalized spacial score (nSPS) is 22.1. The Balaban J connectivity index is 1.44. The van der Waals surface area contributed by atoms with E-state index in [0.29, 0.717) is 18.8 Å². The van der Waals surface area contributed by atoms with E-state index in [0.717, 1.165) is 50.3 Å². The van der Waals surface area contributed by atoms with Gasteiger partial charge in [-0.25, -0.2) is 4.98 Å². The highest BCUT2D eigenvalue weighted by Gasteiger charge is 2.19. The molecule has 7 nitrogen and oxygen atoms in total. The van der Waals surface area contributed by atoms with Crippen molar-refractivity contribution in [3.05, 3.63) is 30.1 Å². The van der Waals surface area contributed by atoms with Crippen molar-refractivity contribution in [1.82, 2.24) is 24.5 Å². The molecular weight excluding hydrogens is 280 g/mol. The Bertz CT molecular complexity index is 584. The first-order valence-corrected chi connectivity index (χ1v) is 7.94. The first-order valence-electron chi connectivity index (χ1n) is 7.94. The van der Waals surface area contributed by atoms with Gasteiger partial charge in [-0.05, 0) is 32.6 Å². The summed E-state index contributed by atoms with van der Waals surface area (Å²) >= 11 is 0. The SMILES string of the molecule is Cc1nccn1CCn1cc(COC2CCC(N)CC2)nn1. The molecule has 0 bridgehead atoms. The van der Waals surface area contributed by atoms with E-state index >= 15 is 0 Å². The number of nitrogens with zero attached hydrogens (tertiary/aromatic N) is 5. The lowest BCUT2D eigenvalue weighted by atomic mass is 9.94. The number of imidazole rings is 1. The molecule has 22 heavy (non-hydrogen) atoms. The standard InChI is InChI=1S/C15H24N6O/c1-12-17-6-7-20(12)8-9-21-10-14(18-19-21)11-22-15-4-2-13(16)3-5-15/h6-7,10,13,15H,2-5,8-9,11,16H2,1H3. The number of nitrogens with two attached hydrogens (primary N) is 1. The van der Waals surface area contributed by atoms with Crippen molar-refractivity contribution in [3.8, 4) is 0 Å². The van der Waals surface area contributed by atoms with Crippen molar-refractivity contribution < 1.29 is 4.74 Å². The van der Waals surface area contributed by atoms with E-state index in [1.165, 1.54) is 0 Å². The van der Waals surface area contributed by atoms with E-state index in [4.69, 9.17) is 10.5 Å². The van der Waals surface area contributed by atoms with Crippen LogP contribution in [-0.2, 0) is 24.4 Å². The molecule has 0 unspecified atom stereocenters. The minimum atomic E-state index is 0.318. The fraction of sp³-hybridized carbons (Fsp3) is 0.667. The van der Waals surface area contributed by atoms with Crippen LogP contribution in [0.5, 0.6) is 0 Å². The van der Waals surface area contributed by atoms with Gasteiger partial charge in [0, 0.05) is 25.0 Å². The average molecular weight is 304 g/mol. The van der Waals surface area contributed by atoms with Crippen LogP contribution in [-0.4, -0.2) is 36.7 Å². The van der Waals surface area contributed by atoms with Crippen LogP contribution in [0, 0.1) is 6.92 Å². The highest BCUT2D eigenvalue weighted by Crippen LogP contribution is 2.20. The van der Waals surface area contributed by atoms with Gasteiger partial charge in [-0.1, -0.05) is 5.21 Å². The lowest BCUT2D eigenvalue weighted by molar-refractivity contribution is 0.0122. The Kier molecular flexibility index (Phi) is 4.84. The van der Waals surface area contributed by atoms with Crippen LogP contribution in [0.2, 0.25) is 0 Å². The molecule has 1 aliphatic rings. The largest absolute Gasteiger partial charge is 0.372 e. The molecule has 1 aliphatic carbocycles. The summed E-state index contributed by atoms with van der Waals surface area (Å²) in [6.07, 6.45) is 10.3. The van der Waals surface area contributed by atoms with Crippen molar-refractivity contribution in [1.29, 1.82) is 0 Å². The minimum Gasteiger partial charge on any atom is -0.372 e. The van der Waals surface area contributed by atoms with Crippen molar-refractivity contribution in [3.63, 3.8) is 0 Å². The molecule has 0 atom stereocenters. The zero-order chi connectivity index (χ0) is 15.4. The third-order valence-electron chi connectivity index (χ3n) is 4.27. The Morgan fingerprint density at radius 1 is 1.27 bits per heavy atom. The predicted molar refractivity (Wildman–Crippen MR) is 82.0 cm³/mol. The smallest absolute Gasteiger partial charge is 0.108 e. The Morgan fingerprint density at radius 2 is 2.09 bits per heavy atom. The summed E-state index contributed by atoms with van der Waals surface area (Å²) in [6.45, 7) is 4.15. The quantitative estimate of drug-likeness (QED) is 0.869. The van der Waals surface area contributed by atoms with Gasteiger partial charge in [-0.3, -0.25) is 4.68 Å². The van der Waals surface area contributed by atoms with Crippen molar-refractivity contribution in [2.24, 2.45) is 5.73 Å². The number of hydrogen-bond donors (Lipinski definition) is 1. The summed E-state index contributed by atoms with van der Waals surface area (Å²) < 4.78 is 9.87. The molecule has 0 aromatic carbocycles. The Morgan fingerprint density at radius 3 is 2.82 bits per heavy atom. The van der Waals surface area contributed by atoms with Gasteiger partial charge in [0.1, 0.15) is 11.5 Å². The molecule has 120 valence electrons. The molecule has 2 N–H and O–H groups in total. The highest BCUT2D eigenvalue weighted by atomic mass is 16.5. The summed E-state index contributed by atoms with van der Waals surface area (Å²) in [4.78, 5) is 4.21. The number of ether oxygens (including phenoxy) is 1. The number of hydrogen-bond acceptors (Lipinski definition) is 5. The third-order valence-corrected chi connectivity index (χ3v) is 4.27. The number of aromatic nitrogens is 5. The van der Waals surface area contributed by atoms with E-state index in [-0.39, 0.29) is 0 Å². The molecule has 0 spiro atoms. The minimum absolute atomic E-state index is 0.318. The third kappa shape index (κ3) is 3.92. The monoisotopic (exact) mass is 304 g/mol. The lowest BCUT2D eigenvalue weighted by Gasteiger charge is -2.25. The van der Waals surface area contributed by atoms with Gasteiger partial charge in [-0.15, -0.1) is 5.10 Å². The number of aryl methyl sites for hydroxylation is 3. The average Bonchev–Trinajstić information content (AvgIpc) is 3.13. The zero-order valence-electron chi connectivity index (χ0n) is 13.1. The maximum Gasteiger partial charge on any atom is 0.108 e. The molecular formula is C15H24N6O. The fourth-order valence-corrected chi connectivity index (χ4v) is 2.82. The van der Waals surface area contributed by atoms with E-state index in [1.807, 2.05) is 30.2 Å². The maximum absolute atomic E-state index is 5.91. The van der Waals surface area contributed by atoms with Gasteiger partial charge in [-0.2, -0.15) is 0 Å². The summed E-state index contributed by atoms with van der Waals surface area (Å²) in [5, 5.41) is 8.33. The highest BCUT2D eigenvalue weighted by molar-refractivity contribution is 4.91. The van der Waals surface area contributed by atoms with E-state index in [9.17, 15) is 0 Å². The van der Waals surface area contributed by atoms with E-state index in [2.05, 4.69) is 19.9 Å². The summed E-state index contributed by atoms with van der Waals surface area (Å²) in [5.74, 6) is 1.01. The van der Waals surface area contributed by atoms with Crippen molar-refractivity contribution in [2.75, 3.05) is 0 Å². The summed E-state index contributed by atoms with van der Waals surface area (Å²) in [7, 11) is 0. The van der Waals surface area contributed by atoms with E-state index < -0.39 is 0 Å². The molecule has 1 saturated carbocycles. The molecule has 3 rings (SSSR count). The summed E-state index contributed by atoms with van der Waals surface area (Å²) in [5.41, 5.74) is 6.79. The second kappa shape index (κ2) is 7.02. The van der Waals surface area contributed by atoms with Gasteiger partial charge in [0.15, 0.2) is 0 Å². The van der Waals surface area contributed by atoms with Gasteiger partial charge in [0.25, 0.3) is 0 Å². The van der Waals surface area contributed by atoms with Crippen LogP contribution in [0.3, 0.4) is 0 Å². The molecule has 1 fully saturated rings. The van der Waals surface area contributed by atoms with Crippen LogP contribution in [0.15, 0.2) is 18.6 Å². The zero-order valence-corrected chi connectivity index (χ0v) is 13.1. The predicted octanol–water partition coefficient (Wildman–Crippen LogP) is 1.27. The fourth-order valence-electron chi connectivity index (χ4n) is 2.82. The molecule has 0 saturated heterocycles. The lowest BCUT2D eigenvalue weighted by Crippen LogP contribution is -2.30. The van der Waals surface area contributed by atoms with Crippen LogP contribution in [0.1, 0.15) is 37.2 Å². The number of rotatable bonds is 6.